The van der Waals surface area contributed by atoms with Crippen molar-refractivity contribution in [3.05, 3.63) is 11.7 Å². The minimum Gasteiger partial charge on any atom is -0.339 e. The molecule has 1 aromatic heterocycles. The SMILES string of the molecule is CCCc1nc(C(N)CC)no1. The topological polar surface area (TPSA) is 64.9 Å². The van der Waals surface area contributed by atoms with Gasteiger partial charge in [0.25, 0.3) is 0 Å². The van der Waals surface area contributed by atoms with Crippen LogP contribution in [0.3, 0.4) is 0 Å². The highest BCUT2D eigenvalue weighted by atomic mass is 16.5. The fourth-order valence-electron chi connectivity index (χ4n) is 0.917. The van der Waals surface area contributed by atoms with Crippen LogP contribution in [0.25, 0.3) is 0 Å². The number of rotatable bonds is 4. The molecule has 0 radical (unpaired) electrons. The van der Waals surface area contributed by atoms with Crippen LogP contribution in [0.5, 0.6) is 0 Å². The molecule has 0 aliphatic rings. The van der Waals surface area contributed by atoms with E-state index in [9.17, 15) is 0 Å². The van der Waals surface area contributed by atoms with Crippen LogP contribution in [-0.4, -0.2) is 10.1 Å². The molecule has 0 saturated carbocycles. The largest absolute Gasteiger partial charge is 0.339 e. The molecule has 1 atom stereocenters. The van der Waals surface area contributed by atoms with Gasteiger partial charge in [-0.1, -0.05) is 19.0 Å². The molecule has 2 N–H and O–H groups in total. The lowest BCUT2D eigenvalue weighted by atomic mass is 10.2. The van der Waals surface area contributed by atoms with Crippen molar-refractivity contribution in [2.75, 3.05) is 0 Å². The van der Waals surface area contributed by atoms with Gasteiger partial charge in [-0.2, -0.15) is 4.98 Å². The average molecular weight is 169 g/mol. The Morgan fingerprint density at radius 2 is 2.25 bits per heavy atom. The number of aryl methyl sites for hydroxylation is 1. The summed E-state index contributed by atoms with van der Waals surface area (Å²) in [7, 11) is 0. The summed E-state index contributed by atoms with van der Waals surface area (Å²) in [5, 5.41) is 3.79. The first-order valence-electron chi connectivity index (χ1n) is 4.36. The summed E-state index contributed by atoms with van der Waals surface area (Å²) in [6.07, 6.45) is 2.69. The van der Waals surface area contributed by atoms with Gasteiger partial charge in [0.2, 0.25) is 5.89 Å². The molecule has 0 amide bonds. The molecule has 1 rings (SSSR count). The fourth-order valence-corrected chi connectivity index (χ4v) is 0.917. The summed E-state index contributed by atoms with van der Waals surface area (Å²) in [5.41, 5.74) is 5.72. The fraction of sp³-hybridized carbons (Fsp3) is 0.750. The van der Waals surface area contributed by atoms with E-state index in [1.54, 1.807) is 0 Å². The first-order valence-corrected chi connectivity index (χ1v) is 4.36. The Balaban J connectivity index is 2.63. The van der Waals surface area contributed by atoms with E-state index in [-0.39, 0.29) is 6.04 Å². The van der Waals surface area contributed by atoms with Gasteiger partial charge in [-0.3, -0.25) is 0 Å². The van der Waals surface area contributed by atoms with Crippen LogP contribution in [0.1, 0.15) is 44.4 Å². The average Bonchev–Trinajstić information content (AvgIpc) is 2.52. The Hall–Kier alpha value is -0.900. The highest BCUT2D eigenvalue weighted by Crippen LogP contribution is 2.09. The van der Waals surface area contributed by atoms with E-state index < -0.39 is 0 Å². The van der Waals surface area contributed by atoms with Crippen molar-refractivity contribution in [2.24, 2.45) is 5.73 Å². The van der Waals surface area contributed by atoms with Gasteiger partial charge in [-0.15, -0.1) is 0 Å². The molecule has 0 aromatic carbocycles. The Labute approximate surface area is 72.1 Å². The maximum absolute atomic E-state index is 5.72. The van der Waals surface area contributed by atoms with Crippen molar-refractivity contribution in [1.29, 1.82) is 0 Å². The van der Waals surface area contributed by atoms with Crippen molar-refractivity contribution >= 4 is 0 Å². The summed E-state index contributed by atoms with van der Waals surface area (Å²) in [4.78, 5) is 4.17. The zero-order chi connectivity index (χ0) is 8.97. The number of nitrogens with two attached hydrogens (primary N) is 1. The Morgan fingerprint density at radius 3 is 2.83 bits per heavy atom. The van der Waals surface area contributed by atoms with E-state index in [2.05, 4.69) is 17.1 Å². The van der Waals surface area contributed by atoms with Gasteiger partial charge in [0.15, 0.2) is 5.82 Å². The zero-order valence-electron chi connectivity index (χ0n) is 7.58. The van der Waals surface area contributed by atoms with E-state index in [0.29, 0.717) is 11.7 Å². The summed E-state index contributed by atoms with van der Waals surface area (Å²) in [6, 6.07) is -0.0839. The summed E-state index contributed by atoms with van der Waals surface area (Å²) in [5.74, 6) is 1.32. The van der Waals surface area contributed by atoms with Crippen molar-refractivity contribution in [1.82, 2.24) is 10.1 Å². The van der Waals surface area contributed by atoms with Crippen molar-refractivity contribution in [2.45, 2.75) is 39.2 Å². The molecule has 1 unspecified atom stereocenters. The summed E-state index contributed by atoms with van der Waals surface area (Å²) >= 11 is 0. The zero-order valence-corrected chi connectivity index (χ0v) is 7.58. The van der Waals surface area contributed by atoms with Crippen LogP contribution in [-0.2, 0) is 6.42 Å². The molecule has 0 saturated heterocycles. The second-order valence-electron chi connectivity index (χ2n) is 2.81. The molecular formula is C8H15N3O. The third-order valence-corrected chi connectivity index (χ3v) is 1.72. The lowest BCUT2D eigenvalue weighted by Gasteiger charge is -1.99. The van der Waals surface area contributed by atoms with Gasteiger partial charge >= 0.3 is 0 Å². The Kier molecular flexibility index (Phi) is 3.22. The van der Waals surface area contributed by atoms with Gasteiger partial charge < -0.3 is 10.3 Å². The van der Waals surface area contributed by atoms with Gasteiger partial charge in [0.1, 0.15) is 0 Å². The smallest absolute Gasteiger partial charge is 0.226 e. The standard InChI is InChI=1S/C8H15N3O/c1-3-5-7-10-8(11-12-7)6(9)4-2/h6H,3-5,9H2,1-2H3. The summed E-state index contributed by atoms with van der Waals surface area (Å²) < 4.78 is 4.99. The van der Waals surface area contributed by atoms with Crippen LogP contribution in [0, 0.1) is 0 Å². The molecule has 1 heterocycles. The van der Waals surface area contributed by atoms with E-state index in [1.807, 2.05) is 6.92 Å². The predicted octanol–water partition coefficient (Wildman–Crippen LogP) is 1.43. The minimum absolute atomic E-state index is 0.0839. The molecule has 68 valence electrons. The van der Waals surface area contributed by atoms with E-state index in [1.165, 1.54) is 0 Å². The lowest BCUT2D eigenvalue weighted by molar-refractivity contribution is 0.368. The van der Waals surface area contributed by atoms with Crippen LogP contribution in [0.4, 0.5) is 0 Å². The summed E-state index contributed by atoms with van der Waals surface area (Å²) in [6.45, 7) is 4.07. The van der Waals surface area contributed by atoms with Gasteiger partial charge in [0, 0.05) is 6.42 Å². The molecule has 0 spiro atoms. The van der Waals surface area contributed by atoms with Crippen LogP contribution >= 0.6 is 0 Å². The molecule has 4 nitrogen and oxygen atoms in total. The quantitative estimate of drug-likeness (QED) is 0.740. The molecule has 12 heavy (non-hydrogen) atoms. The highest BCUT2D eigenvalue weighted by molar-refractivity contribution is 4.92. The maximum Gasteiger partial charge on any atom is 0.226 e. The molecule has 0 aliphatic heterocycles. The monoisotopic (exact) mass is 169 g/mol. The Bertz CT molecular complexity index is 234. The normalized spacial score (nSPS) is 13.2. The second kappa shape index (κ2) is 4.21. The maximum atomic E-state index is 5.72. The van der Waals surface area contributed by atoms with Crippen LogP contribution in [0.15, 0.2) is 4.52 Å². The van der Waals surface area contributed by atoms with E-state index in [4.69, 9.17) is 10.3 Å². The molecule has 0 fully saturated rings. The predicted molar refractivity (Wildman–Crippen MR) is 45.5 cm³/mol. The van der Waals surface area contributed by atoms with Crippen LogP contribution < -0.4 is 5.73 Å². The van der Waals surface area contributed by atoms with Gasteiger partial charge in [0.05, 0.1) is 6.04 Å². The first-order chi connectivity index (χ1) is 5.77. The van der Waals surface area contributed by atoms with Crippen LogP contribution in [0.2, 0.25) is 0 Å². The third-order valence-electron chi connectivity index (χ3n) is 1.72. The number of nitrogens with zero attached hydrogens (tertiary/aromatic N) is 2. The van der Waals surface area contributed by atoms with E-state index >= 15 is 0 Å². The van der Waals surface area contributed by atoms with Crippen molar-refractivity contribution < 1.29 is 4.52 Å². The Morgan fingerprint density at radius 1 is 1.50 bits per heavy atom. The molecule has 1 aromatic rings. The van der Waals surface area contributed by atoms with Gasteiger partial charge in [-0.05, 0) is 12.8 Å². The molecular weight excluding hydrogens is 154 g/mol. The molecule has 0 aliphatic carbocycles. The second-order valence-corrected chi connectivity index (χ2v) is 2.81. The highest BCUT2D eigenvalue weighted by Gasteiger charge is 2.10. The third kappa shape index (κ3) is 2.04. The van der Waals surface area contributed by atoms with E-state index in [0.717, 1.165) is 19.3 Å². The minimum atomic E-state index is -0.0839. The van der Waals surface area contributed by atoms with Crippen molar-refractivity contribution in [3.63, 3.8) is 0 Å². The number of hydrogen-bond acceptors (Lipinski definition) is 4. The van der Waals surface area contributed by atoms with Gasteiger partial charge in [-0.25, -0.2) is 0 Å². The lowest BCUT2D eigenvalue weighted by Crippen LogP contribution is -2.10. The molecule has 0 bridgehead atoms. The first kappa shape index (κ1) is 9.19. The molecule has 4 heteroatoms. The van der Waals surface area contributed by atoms with Crippen molar-refractivity contribution in [3.8, 4) is 0 Å². The number of hydrogen-bond donors (Lipinski definition) is 1. The number of aromatic nitrogens is 2.